The van der Waals surface area contributed by atoms with E-state index in [1.54, 1.807) is 30.3 Å². The first-order chi connectivity index (χ1) is 11.4. The van der Waals surface area contributed by atoms with E-state index in [1.807, 2.05) is 6.92 Å². The average molecular weight is 389 g/mol. The predicted molar refractivity (Wildman–Crippen MR) is 92.1 cm³/mol. The quantitative estimate of drug-likeness (QED) is 0.543. The van der Waals surface area contributed by atoms with Gasteiger partial charge in [0.05, 0.1) is 0 Å². The average Bonchev–Trinajstić information content (AvgIpc) is 2.54. The molecular weight excluding hydrogens is 376 g/mol. The van der Waals surface area contributed by atoms with Crippen LogP contribution >= 0.6 is 15.9 Å². The van der Waals surface area contributed by atoms with Gasteiger partial charge in [0.1, 0.15) is 23.5 Å². The van der Waals surface area contributed by atoms with E-state index >= 15 is 0 Å². The number of fused-ring (bicyclic) bond motifs is 1. The van der Waals surface area contributed by atoms with E-state index in [4.69, 9.17) is 9.15 Å². The minimum absolute atomic E-state index is 0.0880. The van der Waals surface area contributed by atoms with Crippen molar-refractivity contribution in [2.45, 2.75) is 13.5 Å². The molecule has 0 aliphatic carbocycles. The number of ether oxygens (including phenoxy) is 1. The van der Waals surface area contributed by atoms with Gasteiger partial charge < -0.3 is 14.3 Å². The third kappa shape index (κ3) is 3.33. The number of rotatable bonds is 3. The van der Waals surface area contributed by atoms with Crippen LogP contribution < -0.4 is 5.63 Å². The van der Waals surface area contributed by atoms with E-state index in [0.717, 1.165) is 10.0 Å². The number of phenolic OH excluding ortho intramolecular Hbond substituents is 1. The molecule has 0 atom stereocenters. The van der Waals surface area contributed by atoms with Crippen LogP contribution in [0.2, 0.25) is 0 Å². The fraction of sp³-hybridized carbons (Fsp3) is 0.111. The molecule has 0 unspecified atom stereocenters. The summed E-state index contributed by atoms with van der Waals surface area (Å²) < 4.78 is 11.2. The van der Waals surface area contributed by atoms with Crippen molar-refractivity contribution in [1.82, 2.24) is 0 Å². The Morgan fingerprint density at radius 2 is 2.00 bits per heavy atom. The predicted octanol–water partition coefficient (Wildman–Crippen LogP) is 3.93. The molecule has 0 saturated heterocycles. The highest BCUT2D eigenvalue weighted by atomic mass is 79.9. The molecule has 3 aromatic rings. The third-order valence-corrected chi connectivity index (χ3v) is 4.02. The first kappa shape index (κ1) is 16.3. The lowest BCUT2D eigenvalue weighted by Crippen LogP contribution is -2.08. The van der Waals surface area contributed by atoms with Crippen molar-refractivity contribution < 1.29 is 19.1 Å². The molecule has 1 aromatic heterocycles. The minimum Gasteiger partial charge on any atom is -0.507 e. The van der Waals surface area contributed by atoms with Gasteiger partial charge in [-0.3, -0.25) is 0 Å². The van der Waals surface area contributed by atoms with Gasteiger partial charge in [0, 0.05) is 21.5 Å². The van der Waals surface area contributed by atoms with Gasteiger partial charge in [0.25, 0.3) is 0 Å². The smallest absolute Gasteiger partial charge is 0.342 e. The molecule has 0 fully saturated rings. The summed E-state index contributed by atoms with van der Waals surface area (Å²) >= 11 is 3.31. The van der Waals surface area contributed by atoms with Crippen LogP contribution in [0.1, 0.15) is 21.5 Å². The molecule has 6 heteroatoms. The molecule has 0 aliphatic heterocycles. The Morgan fingerprint density at radius 3 is 2.79 bits per heavy atom. The van der Waals surface area contributed by atoms with E-state index < -0.39 is 11.6 Å². The number of carbonyl (C=O) groups is 1. The van der Waals surface area contributed by atoms with E-state index in [9.17, 15) is 14.7 Å². The summed E-state index contributed by atoms with van der Waals surface area (Å²) in [5.74, 6) is -0.804. The van der Waals surface area contributed by atoms with Crippen molar-refractivity contribution in [3.05, 3.63) is 74.0 Å². The first-order valence-corrected chi connectivity index (χ1v) is 7.92. The van der Waals surface area contributed by atoms with Crippen molar-refractivity contribution >= 4 is 32.9 Å². The molecule has 24 heavy (non-hydrogen) atoms. The summed E-state index contributed by atoms with van der Waals surface area (Å²) in [6.45, 7) is 1.71. The van der Waals surface area contributed by atoms with Gasteiger partial charge in [0.15, 0.2) is 0 Å². The number of esters is 1. The molecular formula is C18H13BrO5. The van der Waals surface area contributed by atoms with Crippen molar-refractivity contribution in [2.24, 2.45) is 0 Å². The topological polar surface area (TPSA) is 76.7 Å². The lowest BCUT2D eigenvalue weighted by molar-refractivity contribution is 0.0470. The number of halogens is 1. The van der Waals surface area contributed by atoms with E-state index in [0.29, 0.717) is 16.5 Å². The molecule has 122 valence electrons. The lowest BCUT2D eigenvalue weighted by atomic mass is 10.1. The summed E-state index contributed by atoms with van der Waals surface area (Å²) in [7, 11) is 0. The second kappa shape index (κ2) is 6.49. The van der Waals surface area contributed by atoms with Gasteiger partial charge in [-0.25, -0.2) is 9.59 Å². The number of hydrogen-bond donors (Lipinski definition) is 1. The monoisotopic (exact) mass is 388 g/mol. The summed E-state index contributed by atoms with van der Waals surface area (Å²) in [6.07, 6.45) is 0. The van der Waals surface area contributed by atoms with Crippen LogP contribution in [-0.4, -0.2) is 11.1 Å². The SMILES string of the molecule is Cc1ccc(O)c(C(=O)OCc2cc(=O)oc3cc(Br)ccc23)c1. The van der Waals surface area contributed by atoms with Gasteiger partial charge in [-0.2, -0.15) is 0 Å². The molecule has 0 aliphatic rings. The van der Waals surface area contributed by atoms with Crippen molar-refractivity contribution in [3.63, 3.8) is 0 Å². The highest BCUT2D eigenvalue weighted by Crippen LogP contribution is 2.23. The molecule has 0 bridgehead atoms. The van der Waals surface area contributed by atoms with E-state index in [1.165, 1.54) is 12.1 Å². The van der Waals surface area contributed by atoms with Crippen LogP contribution in [0.4, 0.5) is 0 Å². The number of phenols is 1. The zero-order valence-electron chi connectivity index (χ0n) is 12.7. The maximum absolute atomic E-state index is 12.2. The minimum atomic E-state index is -0.658. The van der Waals surface area contributed by atoms with Crippen molar-refractivity contribution in [3.8, 4) is 5.75 Å². The van der Waals surface area contributed by atoms with Crippen LogP contribution in [0.5, 0.6) is 5.75 Å². The standard InChI is InChI=1S/C18H13BrO5/c1-10-2-5-15(20)14(6-10)18(22)23-9-11-7-17(21)24-16-8-12(19)3-4-13(11)16/h2-8,20H,9H2,1H3. The van der Waals surface area contributed by atoms with Gasteiger partial charge in [-0.05, 0) is 37.3 Å². The Bertz CT molecular complexity index is 990. The van der Waals surface area contributed by atoms with E-state index in [-0.39, 0.29) is 17.9 Å². The molecule has 2 aromatic carbocycles. The zero-order chi connectivity index (χ0) is 17.3. The zero-order valence-corrected chi connectivity index (χ0v) is 14.3. The maximum atomic E-state index is 12.2. The Kier molecular flexibility index (Phi) is 4.40. The molecule has 0 saturated carbocycles. The van der Waals surface area contributed by atoms with Crippen molar-refractivity contribution in [2.75, 3.05) is 0 Å². The van der Waals surface area contributed by atoms with E-state index in [2.05, 4.69) is 15.9 Å². The molecule has 1 heterocycles. The second-order valence-corrected chi connectivity index (χ2v) is 6.24. The number of benzene rings is 2. The Balaban J connectivity index is 1.89. The highest BCUT2D eigenvalue weighted by Gasteiger charge is 2.14. The second-order valence-electron chi connectivity index (χ2n) is 5.33. The largest absolute Gasteiger partial charge is 0.507 e. The summed E-state index contributed by atoms with van der Waals surface area (Å²) in [6, 6.07) is 11.2. The van der Waals surface area contributed by atoms with Crippen LogP contribution in [0, 0.1) is 6.92 Å². The normalized spacial score (nSPS) is 10.8. The molecule has 3 rings (SSSR count). The summed E-state index contributed by atoms with van der Waals surface area (Å²) in [5, 5.41) is 10.5. The Labute approximate surface area is 145 Å². The van der Waals surface area contributed by atoms with Crippen LogP contribution in [-0.2, 0) is 11.3 Å². The first-order valence-electron chi connectivity index (χ1n) is 7.13. The third-order valence-electron chi connectivity index (χ3n) is 3.52. The Hall–Kier alpha value is -2.60. The summed E-state index contributed by atoms with van der Waals surface area (Å²) in [5.41, 5.74) is 1.33. The summed E-state index contributed by atoms with van der Waals surface area (Å²) in [4.78, 5) is 23.8. The maximum Gasteiger partial charge on any atom is 0.342 e. The van der Waals surface area contributed by atoms with Crippen LogP contribution in [0.15, 0.2) is 56.1 Å². The number of aryl methyl sites for hydroxylation is 1. The molecule has 1 N–H and O–H groups in total. The van der Waals surface area contributed by atoms with Gasteiger partial charge in [-0.15, -0.1) is 0 Å². The number of carbonyl (C=O) groups excluding carboxylic acids is 1. The number of aromatic hydroxyl groups is 1. The van der Waals surface area contributed by atoms with Crippen molar-refractivity contribution in [1.29, 1.82) is 0 Å². The lowest BCUT2D eigenvalue weighted by Gasteiger charge is -2.09. The van der Waals surface area contributed by atoms with Crippen LogP contribution in [0.25, 0.3) is 11.0 Å². The van der Waals surface area contributed by atoms with Gasteiger partial charge in [0.2, 0.25) is 0 Å². The van der Waals surface area contributed by atoms with Gasteiger partial charge >= 0.3 is 11.6 Å². The molecule has 5 nitrogen and oxygen atoms in total. The van der Waals surface area contributed by atoms with Gasteiger partial charge in [-0.1, -0.05) is 27.6 Å². The Morgan fingerprint density at radius 1 is 1.21 bits per heavy atom. The van der Waals surface area contributed by atoms with Crippen LogP contribution in [0.3, 0.4) is 0 Å². The fourth-order valence-corrected chi connectivity index (χ4v) is 2.70. The highest BCUT2D eigenvalue weighted by molar-refractivity contribution is 9.10. The molecule has 0 spiro atoms. The molecule has 0 radical (unpaired) electrons. The molecule has 0 amide bonds. The fourth-order valence-electron chi connectivity index (χ4n) is 2.36. The number of hydrogen-bond acceptors (Lipinski definition) is 5.